The summed E-state index contributed by atoms with van der Waals surface area (Å²) in [6.45, 7) is 0.394. The monoisotopic (exact) mass is 278 g/mol. The van der Waals surface area contributed by atoms with E-state index in [1.165, 1.54) is 6.21 Å². The second-order valence-corrected chi connectivity index (χ2v) is 3.97. The van der Waals surface area contributed by atoms with E-state index in [2.05, 4.69) is 20.2 Å². The Balaban J connectivity index is 2.42. The van der Waals surface area contributed by atoms with Crippen LogP contribution in [0.5, 0.6) is 0 Å². The molecule has 0 saturated carbocycles. The van der Waals surface area contributed by atoms with Gasteiger partial charge in [-0.2, -0.15) is 5.10 Å². The molecule has 0 radical (unpaired) electrons. The number of nitrogens with one attached hydrogen (secondary N) is 1. The Bertz CT molecular complexity index is 488. The van der Waals surface area contributed by atoms with Gasteiger partial charge >= 0.3 is 5.97 Å². The molecule has 1 aromatic rings. The third-order valence-electron chi connectivity index (χ3n) is 2.37. The zero-order chi connectivity index (χ0) is 14.8. The van der Waals surface area contributed by atoms with Crippen molar-refractivity contribution in [3.8, 4) is 0 Å². The molecule has 1 unspecified atom stereocenters. The van der Waals surface area contributed by atoms with Crippen molar-refractivity contribution >= 4 is 24.2 Å². The van der Waals surface area contributed by atoms with Crippen molar-refractivity contribution in [2.24, 2.45) is 21.5 Å². The Labute approximate surface area is 116 Å². The van der Waals surface area contributed by atoms with Gasteiger partial charge in [-0.25, -0.2) is 4.79 Å². The Kier molecular flexibility index (Phi) is 6.52. The first-order valence-corrected chi connectivity index (χ1v) is 6.07. The van der Waals surface area contributed by atoms with E-state index < -0.39 is 12.0 Å². The maximum absolute atomic E-state index is 11.0. The molecule has 0 bridgehead atoms. The topological polar surface area (TPSA) is 143 Å². The van der Waals surface area contributed by atoms with E-state index in [0.717, 1.165) is 5.69 Å². The van der Waals surface area contributed by atoms with Crippen molar-refractivity contribution < 1.29 is 9.90 Å². The van der Waals surface area contributed by atoms with Crippen LogP contribution in [0.3, 0.4) is 0 Å². The molecule has 0 fully saturated rings. The lowest BCUT2D eigenvalue weighted by molar-refractivity contribution is -0.138. The summed E-state index contributed by atoms with van der Waals surface area (Å²) in [5, 5.41) is 15.6. The predicted molar refractivity (Wildman–Crippen MR) is 77.4 cm³/mol. The molecule has 8 nitrogen and oxygen atoms in total. The number of rotatable bonds is 8. The van der Waals surface area contributed by atoms with Gasteiger partial charge in [0.15, 0.2) is 5.96 Å². The molecule has 0 spiro atoms. The molecule has 108 valence electrons. The minimum atomic E-state index is -0.971. The summed E-state index contributed by atoms with van der Waals surface area (Å²) in [6, 6.07) is 0.990. The number of aliphatic imine (C=N–C) groups is 2. The average Bonchev–Trinajstić information content (AvgIpc) is 2.89. The van der Waals surface area contributed by atoms with Gasteiger partial charge in [0.2, 0.25) is 0 Å². The number of guanidine groups is 1. The van der Waals surface area contributed by atoms with Crippen LogP contribution in [0.2, 0.25) is 0 Å². The first kappa shape index (κ1) is 15.4. The molecule has 0 aliphatic rings. The fourth-order valence-corrected chi connectivity index (χ4v) is 1.41. The third kappa shape index (κ3) is 6.34. The highest BCUT2D eigenvalue weighted by Crippen LogP contribution is 2.03. The van der Waals surface area contributed by atoms with Gasteiger partial charge in [-0.1, -0.05) is 0 Å². The number of hydrogen-bond acceptors (Lipinski definition) is 4. The molecule has 8 heteroatoms. The molecule has 0 aromatic carbocycles. The Hall–Kier alpha value is -2.64. The van der Waals surface area contributed by atoms with Crippen molar-refractivity contribution in [3.63, 3.8) is 0 Å². The Morgan fingerprint density at radius 1 is 1.55 bits per heavy atom. The van der Waals surface area contributed by atoms with Gasteiger partial charge < -0.3 is 16.6 Å². The number of allylic oxidation sites excluding steroid dienone is 1. The number of carboxylic acids is 1. The fourth-order valence-electron chi connectivity index (χ4n) is 1.41. The summed E-state index contributed by atoms with van der Waals surface area (Å²) >= 11 is 0. The molecular formula is C12H18N6O2. The molecule has 1 atom stereocenters. The van der Waals surface area contributed by atoms with E-state index in [0.29, 0.717) is 19.4 Å². The number of carbonyl (C=O) groups is 1. The van der Waals surface area contributed by atoms with Crippen molar-refractivity contribution in [2.45, 2.75) is 18.9 Å². The first-order valence-electron chi connectivity index (χ1n) is 6.07. The SMILES string of the molecule is NC(N)=NCCCC(N=C/C=C/c1ccn[nH]1)C(=O)O. The van der Waals surface area contributed by atoms with E-state index in [4.69, 9.17) is 16.6 Å². The quantitative estimate of drug-likeness (QED) is 0.300. The molecule has 1 aromatic heterocycles. The highest BCUT2D eigenvalue weighted by molar-refractivity contribution is 5.81. The van der Waals surface area contributed by atoms with E-state index in [1.54, 1.807) is 24.4 Å². The molecule has 20 heavy (non-hydrogen) atoms. The van der Waals surface area contributed by atoms with Crippen LogP contribution in [-0.4, -0.2) is 46.0 Å². The molecule has 0 aliphatic heterocycles. The summed E-state index contributed by atoms with van der Waals surface area (Å²) in [6.07, 6.45) is 7.41. The standard InChI is InChI=1S/C12H18N6O2/c13-12(14)16-7-2-4-10(11(19)20)15-6-1-3-9-5-8-17-18-9/h1,3,5-6,8,10H,2,4,7H2,(H,17,18)(H,19,20)(H4,13,14,16)/b3-1+,15-6?. The van der Waals surface area contributed by atoms with Crippen LogP contribution >= 0.6 is 0 Å². The van der Waals surface area contributed by atoms with Crippen LogP contribution in [0.15, 0.2) is 28.3 Å². The first-order chi connectivity index (χ1) is 9.59. The molecule has 1 rings (SSSR count). The molecule has 0 amide bonds. The van der Waals surface area contributed by atoms with Crippen molar-refractivity contribution in [3.05, 3.63) is 24.0 Å². The van der Waals surface area contributed by atoms with Gasteiger partial charge in [0.05, 0.1) is 5.69 Å². The number of hydrogen-bond donors (Lipinski definition) is 4. The van der Waals surface area contributed by atoms with Crippen LogP contribution in [0.25, 0.3) is 6.08 Å². The number of carboxylic acid groups (broad SMARTS) is 1. The van der Waals surface area contributed by atoms with Gasteiger partial charge in [-0.05, 0) is 31.1 Å². The van der Waals surface area contributed by atoms with Crippen LogP contribution in [0.4, 0.5) is 0 Å². The van der Waals surface area contributed by atoms with Crippen LogP contribution < -0.4 is 11.5 Å². The number of aromatic nitrogens is 2. The summed E-state index contributed by atoms with van der Waals surface area (Å²) < 4.78 is 0. The maximum atomic E-state index is 11.0. The number of nitrogens with zero attached hydrogens (tertiary/aromatic N) is 3. The Morgan fingerprint density at radius 3 is 2.95 bits per heavy atom. The average molecular weight is 278 g/mol. The van der Waals surface area contributed by atoms with E-state index in [1.807, 2.05) is 0 Å². The maximum Gasteiger partial charge on any atom is 0.328 e. The van der Waals surface area contributed by atoms with E-state index in [-0.39, 0.29) is 5.96 Å². The summed E-state index contributed by atoms with van der Waals surface area (Å²) in [4.78, 5) is 18.8. The highest BCUT2D eigenvalue weighted by atomic mass is 16.4. The smallest absolute Gasteiger partial charge is 0.328 e. The lowest BCUT2D eigenvalue weighted by Crippen LogP contribution is -2.23. The number of nitrogens with two attached hydrogens (primary N) is 2. The second kappa shape index (κ2) is 8.46. The van der Waals surface area contributed by atoms with Gasteiger partial charge in [-0.3, -0.25) is 15.1 Å². The van der Waals surface area contributed by atoms with Gasteiger partial charge in [-0.15, -0.1) is 0 Å². The summed E-state index contributed by atoms with van der Waals surface area (Å²) in [5.74, 6) is -0.969. The van der Waals surface area contributed by atoms with Crippen molar-refractivity contribution in [2.75, 3.05) is 6.54 Å². The van der Waals surface area contributed by atoms with Crippen LogP contribution in [0, 0.1) is 0 Å². The lowest BCUT2D eigenvalue weighted by atomic mass is 10.1. The zero-order valence-corrected chi connectivity index (χ0v) is 10.9. The number of aromatic amines is 1. The summed E-state index contributed by atoms with van der Waals surface area (Å²) in [5.41, 5.74) is 11.2. The molecule has 0 saturated heterocycles. The second-order valence-electron chi connectivity index (χ2n) is 3.97. The van der Waals surface area contributed by atoms with Crippen molar-refractivity contribution in [1.29, 1.82) is 0 Å². The summed E-state index contributed by atoms with van der Waals surface area (Å²) in [7, 11) is 0. The van der Waals surface area contributed by atoms with Crippen molar-refractivity contribution in [1.82, 2.24) is 10.2 Å². The largest absolute Gasteiger partial charge is 0.480 e. The Morgan fingerprint density at radius 2 is 2.35 bits per heavy atom. The highest BCUT2D eigenvalue weighted by Gasteiger charge is 2.13. The number of aliphatic carboxylic acids is 1. The third-order valence-corrected chi connectivity index (χ3v) is 2.37. The van der Waals surface area contributed by atoms with Crippen LogP contribution in [0.1, 0.15) is 18.5 Å². The molecule has 6 N–H and O–H groups in total. The zero-order valence-electron chi connectivity index (χ0n) is 10.9. The van der Waals surface area contributed by atoms with Crippen LogP contribution in [-0.2, 0) is 4.79 Å². The minimum absolute atomic E-state index is 0.00265. The molecule has 0 aliphatic carbocycles. The minimum Gasteiger partial charge on any atom is -0.480 e. The normalized spacial score (nSPS) is 12.8. The number of H-pyrrole nitrogens is 1. The van der Waals surface area contributed by atoms with Gasteiger partial charge in [0.25, 0.3) is 0 Å². The van der Waals surface area contributed by atoms with Gasteiger partial charge in [0.1, 0.15) is 6.04 Å². The molecule has 1 heterocycles. The van der Waals surface area contributed by atoms with Gasteiger partial charge in [0, 0.05) is 19.0 Å². The fraction of sp³-hybridized carbons (Fsp3) is 0.333. The molecular weight excluding hydrogens is 260 g/mol. The predicted octanol–water partition coefficient (Wildman–Crippen LogP) is 0.000500. The van der Waals surface area contributed by atoms with E-state index in [9.17, 15) is 4.79 Å². The van der Waals surface area contributed by atoms with E-state index >= 15 is 0 Å². The lowest BCUT2D eigenvalue weighted by Gasteiger charge is -2.05.